The number of rotatable bonds is 29. The molecule has 2 rings (SSSR count). The third-order valence-corrected chi connectivity index (χ3v) is 14.3. The zero-order valence-electron chi connectivity index (χ0n) is 50.2. The summed E-state index contributed by atoms with van der Waals surface area (Å²) in [4.78, 5) is 154. The van der Waals surface area contributed by atoms with Gasteiger partial charge in [-0.1, -0.05) is 77.3 Å². The van der Waals surface area contributed by atoms with Crippen molar-refractivity contribution in [2.24, 2.45) is 40.5 Å². The maximum absolute atomic E-state index is 14.5. The van der Waals surface area contributed by atoms with Crippen LogP contribution in [0.25, 0.3) is 0 Å². The Hall–Kier alpha value is -6.89. The van der Waals surface area contributed by atoms with Gasteiger partial charge in [0.2, 0.25) is 65.0 Å². The minimum absolute atomic E-state index is 0.0173. The van der Waals surface area contributed by atoms with Crippen molar-refractivity contribution in [3.8, 4) is 0 Å². The molecule has 1 fully saturated rings. The minimum atomic E-state index is -1.70. The van der Waals surface area contributed by atoms with Crippen molar-refractivity contribution in [3.05, 3.63) is 35.9 Å². The fraction of sp³-hybridized carbons (Fsp3) is 0.696. The van der Waals surface area contributed by atoms with Crippen LogP contribution in [0.5, 0.6) is 0 Å². The summed E-state index contributed by atoms with van der Waals surface area (Å²) in [5.41, 5.74) is 29.9. The van der Waals surface area contributed by atoms with E-state index in [1.54, 1.807) is 44.2 Å². The zero-order valence-corrected chi connectivity index (χ0v) is 50.2. The van der Waals surface area contributed by atoms with E-state index in [1.165, 1.54) is 13.8 Å². The van der Waals surface area contributed by atoms with Crippen molar-refractivity contribution in [1.82, 2.24) is 58.5 Å². The number of aliphatic hydroxyl groups is 2. The molecule has 1 saturated heterocycles. The minimum Gasteiger partial charge on any atom is -0.391 e. The number of carbonyl (C=O) groups is 11. The van der Waals surface area contributed by atoms with E-state index in [1.807, 2.05) is 0 Å². The van der Waals surface area contributed by atoms with Crippen LogP contribution in [0.3, 0.4) is 0 Å². The molecule has 0 spiro atoms. The molecule has 1 aliphatic heterocycles. The molecule has 0 aromatic heterocycles. The smallest absolute Gasteiger partial charge is 0.245 e. The Kier molecular flexibility index (Phi) is 34.6. The molecule has 1 aromatic carbocycles. The van der Waals surface area contributed by atoms with Gasteiger partial charge in [-0.2, -0.15) is 0 Å². The highest BCUT2D eigenvalue weighted by molar-refractivity contribution is 5.99. The molecule has 85 heavy (non-hydrogen) atoms. The van der Waals surface area contributed by atoms with Crippen molar-refractivity contribution >= 4 is 65.0 Å². The number of unbranched alkanes of at least 4 members (excludes halogenated alkanes) is 1. The Morgan fingerprint density at radius 3 is 1.56 bits per heavy atom. The average molecular weight is 1200 g/mol. The van der Waals surface area contributed by atoms with Gasteiger partial charge in [-0.3, -0.25) is 52.7 Å². The first-order valence-electron chi connectivity index (χ1n) is 29.5. The number of carbonyl (C=O) groups excluding carboxylic acids is 11. The standard InChI is InChI=1S/C56H98N16O13/c1-7-32(4)13-11-12-16-44(75)63-36(17-23-57)51(80)72-46(34(6)74)56(85)68-39(20-26-60)48(77)67-41-22-28-62-55(84)45(33(5)73)71-52(81)40(21-27-61)65-47(76)37(18-24-58)66-53(82)42(29-31(2)3)69-54(83)43(30-35-14-9-8-10-15-35)70-49(78)38(19-25-59)64-50(41)79/h8-10,14-15,31-34,36-43,45-46,73-74H,7,11-13,16-30,57-61H2,1-6H3,(H,62,84)(H,63,75)(H,64,79)(H,65,76)(H,66,82)(H,67,77)(H,68,85)(H,69,83)(H,70,78)(H,71,81)(H,72,80)/t32?,33-,34-,36+,37+,38?,39+,40+,41?,42?,43-,45?,46+/m1/s1. The van der Waals surface area contributed by atoms with Gasteiger partial charge in [0.25, 0.3) is 0 Å². The molecule has 0 aliphatic carbocycles. The van der Waals surface area contributed by atoms with Crippen LogP contribution in [0.2, 0.25) is 0 Å². The quantitative estimate of drug-likeness (QED) is 0.0333. The van der Waals surface area contributed by atoms with E-state index in [-0.39, 0.29) is 90.0 Å². The summed E-state index contributed by atoms with van der Waals surface area (Å²) < 4.78 is 0. The normalized spacial score (nSPS) is 22.9. The molecule has 480 valence electrons. The lowest BCUT2D eigenvalue weighted by Crippen LogP contribution is -2.62. The molecule has 29 nitrogen and oxygen atoms in total. The lowest BCUT2D eigenvalue weighted by molar-refractivity contribution is -0.137. The molecule has 11 amide bonds. The summed E-state index contributed by atoms with van der Waals surface area (Å²) in [6.45, 7) is 9.00. The first-order valence-corrected chi connectivity index (χ1v) is 29.5. The molecular weight excluding hydrogens is 1100 g/mol. The second-order valence-corrected chi connectivity index (χ2v) is 22.0. The highest BCUT2D eigenvalue weighted by Gasteiger charge is 2.37. The van der Waals surface area contributed by atoms with Gasteiger partial charge in [0, 0.05) is 19.4 Å². The van der Waals surface area contributed by atoms with Gasteiger partial charge in [0.15, 0.2) is 0 Å². The number of aliphatic hydroxyl groups excluding tert-OH is 2. The number of nitrogens with one attached hydrogen (secondary N) is 11. The third kappa shape index (κ3) is 26.9. The number of hydrogen-bond acceptors (Lipinski definition) is 18. The fourth-order valence-corrected chi connectivity index (χ4v) is 9.12. The summed E-state index contributed by atoms with van der Waals surface area (Å²) >= 11 is 0. The van der Waals surface area contributed by atoms with E-state index >= 15 is 0 Å². The van der Waals surface area contributed by atoms with Crippen LogP contribution in [0.1, 0.15) is 124 Å². The molecule has 0 radical (unpaired) electrons. The van der Waals surface area contributed by atoms with Crippen molar-refractivity contribution in [3.63, 3.8) is 0 Å². The second kappa shape index (κ2) is 39.7. The number of amides is 11. The average Bonchev–Trinajstić information content (AvgIpc) is 3.67. The van der Waals surface area contributed by atoms with Crippen LogP contribution >= 0.6 is 0 Å². The molecule has 13 atom stereocenters. The molecular formula is C56H98N16O13. The molecule has 23 N–H and O–H groups in total. The van der Waals surface area contributed by atoms with Crippen molar-refractivity contribution in [2.45, 2.75) is 198 Å². The predicted molar refractivity (Wildman–Crippen MR) is 316 cm³/mol. The van der Waals surface area contributed by atoms with Gasteiger partial charge >= 0.3 is 0 Å². The van der Waals surface area contributed by atoms with Crippen LogP contribution in [-0.4, -0.2) is 187 Å². The van der Waals surface area contributed by atoms with E-state index in [9.17, 15) is 63.0 Å². The van der Waals surface area contributed by atoms with Crippen molar-refractivity contribution in [1.29, 1.82) is 0 Å². The van der Waals surface area contributed by atoms with Crippen LogP contribution in [0.4, 0.5) is 0 Å². The summed E-state index contributed by atoms with van der Waals surface area (Å²) in [7, 11) is 0. The monoisotopic (exact) mass is 1200 g/mol. The van der Waals surface area contributed by atoms with E-state index in [0.717, 1.165) is 19.3 Å². The summed E-state index contributed by atoms with van der Waals surface area (Å²) in [6.07, 6.45) is -1.05. The van der Waals surface area contributed by atoms with E-state index < -0.39 is 151 Å². The van der Waals surface area contributed by atoms with Crippen LogP contribution in [0, 0.1) is 11.8 Å². The van der Waals surface area contributed by atoms with Crippen LogP contribution in [-0.2, 0) is 59.2 Å². The highest BCUT2D eigenvalue weighted by atomic mass is 16.3. The SMILES string of the molecule is CCC(C)CCCCC(=O)N[C@@H](CCN)C(=O)N[C@H](C(=O)N[C@@H](CCN)C(=O)NC1CCNC(=O)C([C@@H](C)O)NC(=O)[C@H](CCN)NC(=O)[C@H](CCN)NC(=O)C(CC(C)C)NC(=O)[C@@H](Cc2ccccc2)NC(=O)C(CCN)NC1=O)[C@@H](C)O. The van der Waals surface area contributed by atoms with Crippen LogP contribution in [0.15, 0.2) is 30.3 Å². The first kappa shape index (κ1) is 74.2. The molecule has 1 aliphatic rings. The molecule has 0 saturated carbocycles. The van der Waals surface area contributed by atoms with Gasteiger partial charge < -0.3 is 97.4 Å². The highest BCUT2D eigenvalue weighted by Crippen LogP contribution is 2.14. The van der Waals surface area contributed by atoms with Gasteiger partial charge in [-0.05, 0) is 115 Å². The Labute approximate surface area is 498 Å². The summed E-state index contributed by atoms with van der Waals surface area (Å²) in [6, 6.07) is -6.23. The van der Waals surface area contributed by atoms with Gasteiger partial charge in [-0.25, -0.2) is 0 Å². The van der Waals surface area contributed by atoms with Crippen LogP contribution < -0.4 is 87.2 Å². The number of benzene rings is 1. The predicted octanol–water partition coefficient (Wildman–Crippen LogP) is -5.24. The summed E-state index contributed by atoms with van der Waals surface area (Å²) in [5.74, 6) is -9.45. The van der Waals surface area contributed by atoms with E-state index in [2.05, 4.69) is 72.3 Å². The molecule has 1 aromatic rings. The Bertz CT molecular complexity index is 2320. The lowest BCUT2D eigenvalue weighted by Gasteiger charge is -2.29. The Morgan fingerprint density at radius 1 is 0.565 bits per heavy atom. The van der Waals surface area contributed by atoms with Crippen molar-refractivity contribution < 1.29 is 63.0 Å². The maximum atomic E-state index is 14.5. The van der Waals surface area contributed by atoms with Crippen molar-refractivity contribution in [2.75, 3.05) is 39.3 Å². The topological polar surface area (TPSA) is 491 Å². The largest absolute Gasteiger partial charge is 0.391 e. The Morgan fingerprint density at radius 2 is 1.06 bits per heavy atom. The second-order valence-electron chi connectivity index (χ2n) is 22.0. The molecule has 5 unspecified atom stereocenters. The number of hydrogen-bond donors (Lipinski definition) is 18. The molecule has 0 bridgehead atoms. The number of nitrogens with two attached hydrogens (primary N) is 5. The van der Waals surface area contributed by atoms with Gasteiger partial charge in [0.05, 0.1) is 12.2 Å². The lowest BCUT2D eigenvalue weighted by atomic mass is 10.00. The molecule has 29 heteroatoms. The maximum Gasteiger partial charge on any atom is 0.245 e. The Balaban J connectivity index is 2.67. The fourth-order valence-electron chi connectivity index (χ4n) is 9.12. The molecule has 1 heterocycles. The third-order valence-electron chi connectivity index (χ3n) is 14.3. The first-order chi connectivity index (χ1) is 40.3. The zero-order chi connectivity index (χ0) is 63.8. The van der Waals surface area contributed by atoms with E-state index in [0.29, 0.717) is 17.9 Å². The van der Waals surface area contributed by atoms with Gasteiger partial charge in [-0.15, -0.1) is 0 Å². The summed E-state index contributed by atoms with van der Waals surface area (Å²) in [5, 5.41) is 49.7. The van der Waals surface area contributed by atoms with E-state index in [4.69, 9.17) is 28.7 Å². The van der Waals surface area contributed by atoms with Gasteiger partial charge in [0.1, 0.15) is 60.4 Å².